The number of imide groups is 1. The van der Waals surface area contributed by atoms with E-state index in [0.29, 0.717) is 12.8 Å². The predicted molar refractivity (Wildman–Crippen MR) is 97.5 cm³/mol. The van der Waals surface area contributed by atoms with Crippen molar-refractivity contribution in [3.05, 3.63) is 65.7 Å². The van der Waals surface area contributed by atoms with Crippen molar-refractivity contribution in [3.63, 3.8) is 0 Å². The van der Waals surface area contributed by atoms with Gasteiger partial charge in [0.05, 0.1) is 0 Å². The third-order valence-electron chi connectivity index (χ3n) is 4.95. The Morgan fingerprint density at radius 2 is 1.74 bits per heavy atom. The van der Waals surface area contributed by atoms with Gasteiger partial charge < -0.3 is 9.50 Å². The van der Waals surface area contributed by atoms with Crippen molar-refractivity contribution >= 4 is 22.1 Å². The number of hydrogen-bond donors (Lipinski definition) is 1. The van der Waals surface area contributed by atoms with Gasteiger partial charge in [-0.25, -0.2) is 4.79 Å². The summed E-state index contributed by atoms with van der Waals surface area (Å²) in [4.78, 5) is 26.3. The molecule has 4 rings (SSSR count). The van der Waals surface area contributed by atoms with Crippen LogP contribution in [0.2, 0.25) is 0 Å². The number of hydrogen-bond acceptors (Lipinski definition) is 5. The quantitative estimate of drug-likeness (QED) is 0.625. The van der Waals surface area contributed by atoms with Crippen molar-refractivity contribution in [2.24, 2.45) is 0 Å². The lowest BCUT2D eigenvalue weighted by Gasteiger charge is -2.22. The Morgan fingerprint density at radius 1 is 1.04 bits per heavy atom. The second-order valence-electron chi connectivity index (χ2n) is 6.61. The number of para-hydroxylation sites is 1. The van der Waals surface area contributed by atoms with Gasteiger partial charge in [-0.2, -0.15) is 8.42 Å². The third-order valence-corrected chi connectivity index (χ3v) is 6.08. The number of nitrogens with one attached hydrogen (secondary N) is 1. The minimum atomic E-state index is -3.94. The highest BCUT2D eigenvalue weighted by Crippen LogP contribution is 2.41. The SMILES string of the molecule is O=C1N[C@]2(CCc3ccccc32)C(=O)N1CCS(=O)(=O)Oc1ccccc1. The van der Waals surface area contributed by atoms with Crippen LogP contribution in [0.4, 0.5) is 4.79 Å². The second kappa shape index (κ2) is 6.38. The Kier molecular flexibility index (Phi) is 4.15. The molecule has 1 saturated heterocycles. The molecule has 1 atom stereocenters. The maximum absolute atomic E-state index is 13.0. The van der Waals surface area contributed by atoms with Crippen LogP contribution in [0.3, 0.4) is 0 Å². The first kappa shape index (κ1) is 17.5. The summed E-state index contributed by atoms with van der Waals surface area (Å²) in [5.41, 5.74) is 0.722. The standard InChI is InChI=1S/C19H18N2O5S/c22-17-19(11-10-14-6-4-5-9-16(14)19)20-18(23)21(17)12-13-27(24,25)26-15-7-2-1-3-8-15/h1-9H,10-13H2,(H,20,23)/t19-/m0/s1. The molecule has 0 radical (unpaired) electrons. The van der Waals surface area contributed by atoms with Gasteiger partial charge in [0.2, 0.25) is 0 Å². The highest BCUT2D eigenvalue weighted by molar-refractivity contribution is 7.87. The van der Waals surface area contributed by atoms with E-state index >= 15 is 0 Å². The summed E-state index contributed by atoms with van der Waals surface area (Å²) in [6, 6.07) is 15.0. The van der Waals surface area contributed by atoms with Crippen LogP contribution in [-0.4, -0.2) is 37.6 Å². The van der Waals surface area contributed by atoms with Crippen molar-refractivity contribution in [2.75, 3.05) is 12.3 Å². The maximum Gasteiger partial charge on any atom is 0.325 e. The summed E-state index contributed by atoms with van der Waals surface area (Å²) in [6.07, 6.45) is 1.16. The molecule has 1 spiro atoms. The molecule has 140 valence electrons. The molecule has 1 N–H and O–H groups in total. The summed E-state index contributed by atoms with van der Waals surface area (Å²) in [5, 5.41) is 2.77. The van der Waals surface area contributed by atoms with Gasteiger partial charge in [0, 0.05) is 6.54 Å². The zero-order valence-electron chi connectivity index (χ0n) is 14.4. The van der Waals surface area contributed by atoms with E-state index in [1.165, 1.54) is 12.1 Å². The number of aryl methyl sites for hydroxylation is 1. The van der Waals surface area contributed by atoms with Crippen molar-refractivity contribution < 1.29 is 22.2 Å². The molecule has 0 unspecified atom stereocenters. The normalized spacial score (nSPS) is 21.4. The molecular weight excluding hydrogens is 368 g/mol. The first-order chi connectivity index (χ1) is 12.9. The van der Waals surface area contributed by atoms with Crippen LogP contribution in [0.1, 0.15) is 17.5 Å². The van der Waals surface area contributed by atoms with Gasteiger partial charge >= 0.3 is 16.1 Å². The Labute approximate surface area is 157 Å². The van der Waals surface area contributed by atoms with E-state index < -0.39 is 33.3 Å². The molecule has 2 aliphatic rings. The monoisotopic (exact) mass is 386 g/mol. The molecule has 1 aliphatic heterocycles. The van der Waals surface area contributed by atoms with Crippen LogP contribution in [0.15, 0.2) is 54.6 Å². The molecule has 1 heterocycles. The minimum absolute atomic E-state index is 0.191. The summed E-state index contributed by atoms with van der Waals surface area (Å²) in [7, 11) is -3.94. The van der Waals surface area contributed by atoms with E-state index in [4.69, 9.17) is 4.18 Å². The minimum Gasteiger partial charge on any atom is -0.382 e. The third kappa shape index (κ3) is 3.06. The van der Waals surface area contributed by atoms with Gasteiger partial charge in [0.1, 0.15) is 17.0 Å². The Morgan fingerprint density at radius 3 is 2.52 bits per heavy atom. The first-order valence-electron chi connectivity index (χ1n) is 8.61. The Hall–Kier alpha value is -2.87. The molecule has 1 aliphatic carbocycles. The van der Waals surface area contributed by atoms with Crippen LogP contribution >= 0.6 is 0 Å². The van der Waals surface area contributed by atoms with Gasteiger partial charge in [-0.15, -0.1) is 0 Å². The number of carbonyl (C=O) groups is 2. The fourth-order valence-corrected chi connectivity index (χ4v) is 4.55. The number of urea groups is 1. The van der Waals surface area contributed by atoms with Gasteiger partial charge in [-0.1, -0.05) is 42.5 Å². The van der Waals surface area contributed by atoms with Gasteiger partial charge in [-0.05, 0) is 36.1 Å². The highest BCUT2D eigenvalue weighted by Gasteiger charge is 2.55. The van der Waals surface area contributed by atoms with Gasteiger partial charge in [-0.3, -0.25) is 9.69 Å². The molecule has 3 amide bonds. The Balaban J connectivity index is 1.49. The fourth-order valence-electron chi connectivity index (χ4n) is 3.66. The molecule has 8 heteroatoms. The van der Waals surface area contributed by atoms with E-state index in [9.17, 15) is 18.0 Å². The van der Waals surface area contributed by atoms with E-state index in [1.54, 1.807) is 18.2 Å². The molecule has 0 bridgehead atoms. The van der Waals surface area contributed by atoms with E-state index in [1.807, 2.05) is 24.3 Å². The molecule has 1 fully saturated rings. The lowest BCUT2D eigenvalue weighted by molar-refractivity contribution is -0.131. The van der Waals surface area contributed by atoms with Crippen LogP contribution in [0.5, 0.6) is 5.75 Å². The second-order valence-corrected chi connectivity index (χ2v) is 8.30. The van der Waals surface area contributed by atoms with Crippen molar-refractivity contribution in [1.29, 1.82) is 0 Å². The predicted octanol–water partition coefficient (Wildman–Crippen LogP) is 1.79. The average molecular weight is 386 g/mol. The lowest BCUT2D eigenvalue weighted by Crippen LogP contribution is -2.42. The molecule has 0 aromatic heterocycles. The van der Waals surface area contributed by atoms with Crippen molar-refractivity contribution in [2.45, 2.75) is 18.4 Å². The van der Waals surface area contributed by atoms with E-state index in [-0.39, 0.29) is 12.3 Å². The molecule has 0 saturated carbocycles. The topological polar surface area (TPSA) is 92.8 Å². The Bertz CT molecular complexity index is 1010. The molecule has 7 nitrogen and oxygen atoms in total. The number of nitrogens with zero attached hydrogens (tertiary/aromatic N) is 1. The molecule has 27 heavy (non-hydrogen) atoms. The smallest absolute Gasteiger partial charge is 0.325 e. The molecule has 2 aromatic carbocycles. The number of rotatable bonds is 5. The summed E-state index contributed by atoms with van der Waals surface area (Å²) in [6.45, 7) is -0.260. The molecule has 2 aromatic rings. The summed E-state index contributed by atoms with van der Waals surface area (Å²) >= 11 is 0. The number of benzene rings is 2. The summed E-state index contributed by atoms with van der Waals surface area (Å²) < 4.78 is 29.4. The van der Waals surface area contributed by atoms with Gasteiger partial charge in [0.15, 0.2) is 0 Å². The van der Waals surface area contributed by atoms with E-state index in [0.717, 1.165) is 16.0 Å². The number of carbonyl (C=O) groups excluding carboxylic acids is 2. The largest absolute Gasteiger partial charge is 0.382 e. The summed E-state index contributed by atoms with van der Waals surface area (Å²) in [5.74, 6) is -0.693. The van der Waals surface area contributed by atoms with Crippen molar-refractivity contribution in [1.82, 2.24) is 10.2 Å². The number of fused-ring (bicyclic) bond motifs is 2. The fraction of sp³-hybridized carbons (Fsp3) is 0.263. The van der Waals surface area contributed by atoms with Crippen LogP contribution in [0, 0.1) is 0 Å². The number of amides is 3. The molecular formula is C19H18N2O5S. The lowest BCUT2D eigenvalue weighted by atomic mass is 9.92. The van der Waals surface area contributed by atoms with E-state index in [2.05, 4.69) is 5.32 Å². The van der Waals surface area contributed by atoms with Crippen LogP contribution in [-0.2, 0) is 26.9 Å². The average Bonchev–Trinajstić information content (AvgIpc) is 3.13. The van der Waals surface area contributed by atoms with Crippen molar-refractivity contribution in [3.8, 4) is 5.75 Å². The van der Waals surface area contributed by atoms with Crippen LogP contribution in [0.25, 0.3) is 0 Å². The first-order valence-corrected chi connectivity index (χ1v) is 10.2. The van der Waals surface area contributed by atoms with Crippen LogP contribution < -0.4 is 9.50 Å². The maximum atomic E-state index is 13.0. The zero-order valence-corrected chi connectivity index (χ0v) is 15.2. The zero-order chi connectivity index (χ0) is 19.1. The highest BCUT2D eigenvalue weighted by atomic mass is 32.2. The van der Waals surface area contributed by atoms with Gasteiger partial charge in [0.25, 0.3) is 5.91 Å².